The van der Waals surface area contributed by atoms with Crippen LogP contribution in [0.25, 0.3) is 0 Å². The summed E-state index contributed by atoms with van der Waals surface area (Å²) in [6.07, 6.45) is 3.00. The third-order valence-electron chi connectivity index (χ3n) is 4.88. The van der Waals surface area contributed by atoms with Crippen LogP contribution in [-0.4, -0.2) is 45.4 Å². The Morgan fingerprint density at radius 1 is 1.03 bits per heavy atom. The summed E-state index contributed by atoms with van der Waals surface area (Å²) in [4.78, 5) is 42.6. The Hall–Kier alpha value is -3.56. The summed E-state index contributed by atoms with van der Waals surface area (Å²) in [7, 11) is 0. The number of hydrogen-bond acceptors (Lipinski definition) is 5. The Bertz CT molecular complexity index is 1130. The van der Waals surface area contributed by atoms with Crippen LogP contribution in [0.1, 0.15) is 17.7 Å². The number of carbonyl (C=O) groups is 3. The Balaban J connectivity index is 1.50. The van der Waals surface area contributed by atoms with Crippen LogP contribution in [-0.2, 0) is 27.2 Å². The van der Waals surface area contributed by atoms with E-state index in [1.165, 1.54) is 12.5 Å². The second-order valence-corrected chi connectivity index (χ2v) is 8.21. The van der Waals surface area contributed by atoms with Gasteiger partial charge in [0.05, 0.1) is 28.5 Å². The number of aliphatic carboxylic acids is 1. The fraction of sp³-hybridized carbons (Fsp3) is 0.217. The van der Waals surface area contributed by atoms with Gasteiger partial charge in [0.15, 0.2) is 0 Å². The molecule has 3 aromatic rings. The topological polar surface area (TPSA) is 136 Å². The van der Waals surface area contributed by atoms with Crippen LogP contribution in [0.3, 0.4) is 0 Å². The molecular weight excluding hydrogens is 481 g/mol. The molecule has 0 radical (unpaired) electrons. The maximum Gasteiger partial charge on any atom is 0.326 e. The van der Waals surface area contributed by atoms with Gasteiger partial charge >= 0.3 is 5.97 Å². The van der Waals surface area contributed by atoms with Crippen LogP contribution < -0.4 is 16.0 Å². The average molecular weight is 504 g/mol. The van der Waals surface area contributed by atoms with Gasteiger partial charge in [-0.05, 0) is 23.8 Å². The van der Waals surface area contributed by atoms with Crippen molar-refractivity contribution in [3.8, 4) is 0 Å². The standard InChI is InChI=1S/C23H23Cl2N5O4/c24-16-5-3-6-17(25)22(16)30-18-7-2-1-4-14(18)10-21(32)27-9-8-20(31)29-19(23(33)34)11-15-12-26-13-28-15/h1-7,12-13,19,30H,8-11H2,(H,26,28)(H,27,32)(H,29,31)(H,33,34)/t19-/m0/s1. The number of aromatic nitrogens is 2. The van der Waals surface area contributed by atoms with E-state index in [2.05, 4.69) is 25.9 Å². The molecule has 0 aliphatic rings. The highest BCUT2D eigenvalue weighted by molar-refractivity contribution is 6.39. The molecule has 178 valence electrons. The number of nitrogens with one attached hydrogen (secondary N) is 4. The molecule has 1 heterocycles. The molecule has 34 heavy (non-hydrogen) atoms. The predicted molar refractivity (Wildman–Crippen MR) is 129 cm³/mol. The number of anilines is 2. The van der Waals surface area contributed by atoms with Gasteiger partial charge < -0.3 is 26.0 Å². The van der Waals surface area contributed by atoms with Crippen LogP contribution >= 0.6 is 23.2 Å². The minimum atomic E-state index is -1.16. The summed E-state index contributed by atoms with van der Waals surface area (Å²) in [5.74, 6) is -1.93. The molecule has 3 rings (SSSR count). The fourth-order valence-corrected chi connectivity index (χ4v) is 3.67. The van der Waals surface area contributed by atoms with E-state index in [-0.39, 0.29) is 31.7 Å². The molecule has 0 saturated carbocycles. The summed E-state index contributed by atoms with van der Waals surface area (Å²) in [6.45, 7) is 0.0625. The smallest absolute Gasteiger partial charge is 0.326 e. The number of carbonyl (C=O) groups excluding carboxylic acids is 2. The lowest BCUT2D eigenvalue weighted by Gasteiger charge is -2.15. The number of H-pyrrole nitrogens is 1. The summed E-state index contributed by atoms with van der Waals surface area (Å²) >= 11 is 12.4. The highest BCUT2D eigenvalue weighted by Crippen LogP contribution is 2.33. The number of benzene rings is 2. The fourth-order valence-electron chi connectivity index (χ4n) is 3.18. The normalized spacial score (nSPS) is 11.5. The Kier molecular flexibility index (Phi) is 8.89. The second kappa shape index (κ2) is 12.1. The molecule has 0 aliphatic carbocycles. The van der Waals surface area contributed by atoms with E-state index in [9.17, 15) is 19.5 Å². The zero-order valence-corrected chi connectivity index (χ0v) is 19.5. The third-order valence-corrected chi connectivity index (χ3v) is 5.51. The minimum absolute atomic E-state index is 0.0600. The van der Waals surface area contributed by atoms with Crippen LogP contribution in [0.2, 0.25) is 10.0 Å². The van der Waals surface area contributed by atoms with Gasteiger partial charge in [0.25, 0.3) is 0 Å². The third kappa shape index (κ3) is 7.23. The van der Waals surface area contributed by atoms with E-state index >= 15 is 0 Å². The first-order valence-corrected chi connectivity index (χ1v) is 11.1. The van der Waals surface area contributed by atoms with Crippen molar-refractivity contribution in [2.45, 2.75) is 25.3 Å². The van der Waals surface area contributed by atoms with Gasteiger partial charge in [0, 0.05) is 37.0 Å². The number of imidazole rings is 1. The number of carboxylic acid groups (broad SMARTS) is 1. The number of hydrogen-bond donors (Lipinski definition) is 5. The molecule has 0 bridgehead atoms. The van der Waals surface area contributed by atoms with Crippen LogP contribution in [0.5, 0.6) is 0 Å². The largest absolute Gasteiger partial charge is 0.480 e. The first-order chi connectivity index (χ1) is 16.3. The zero-order chi connectivity index (χ0) is 24.5. The van der Waals surface area contributed by atoms with Gasteiger partial charge in [0.2, 0.25) is 11.8 Å². The van der Waals surface area contributed by atoms with E-state index in [0.29, 0.717) is 32.7 Å². The van der Waals surface area contributed by atoms with Gasteiger partial charge in [-0.1, -0.05) is 47.5 Å². The Morgan fingerprint density at radius 3 is 2.44 bits per heavy atom. The van der Waals surface area contributed by atoms with Gasteiger partial charge in [-0.2, -0.15) is 0 Å². The van der Waals surface area contributed by atoms with Crippen LogP contribution in [0.15, 0.2) is 55.0 Å². The van der Waals surface area contributed by atoms with E-state index in [1.54, 1.807) is 36.4 Å². The first kappa shape index (κ1) is 25.1. The van der Waals surface area contributed by atoms with Crippen molar-refractivity contribution >= 4 is 52.4 Å². The van der Waals surface area contributed by atoms with E-state index in [0.717, 1.165) is 0 Å². The molecule has 0 fully saturated rings. The molecule has 2 amide bonds. The predicted octanol–water partition coefficient (Wildman–Crippen LogP) is 3.32. The molecule has 0 saturated heterocycles. The zero-order valence-electron chi connectivity index (χ0n) is 18.0. The van der Waals surface area contributed by atoms with Gasteiger partial charge in [0.1, 0.15) is 6.04 Å². The van der Waals surface area contributed by atoms with Gasteiger partial charge in [-0.3, -0.25) is 9.59 Å². The highest BCUT2D eigenvalue weighted by Gasteiger charge is 2.21. The number of aromatic amines is 1. The molecule has 0 aliphatic heterocycles. The Labute approximate surface area is 205 Å². The van der Waals surface area contributed by atoms with Crippen molar-refractivity contribution in [2.75, 3.05) is 11.9 Å². The van der Waals surface area contributed by atoms with E-state index in [1.807, 2.05) is 6.07 Å². The van der Waals surface area contributed by atoms with Crippen molar-refractivity contribution in [2.24, 2.45) is 0 Å². The molecule has 1 aromatic heterocycles. The number of nitrogens with zero attached hydrogens (tertiary/aromatic N) is 1. The maximum atomic E-state index is 12.4. The quantitative estimate of drug-likeness (QED) is 0.272. The lowest BCUT2D eigenvalue weighted by atomic mass is 10.1. The van der Waals surface area contributed by atoms with Gasteiger partial charge in [-0.15, -0.1) is 0 Å². The van der Waals surface area contributed by atoms with Crippen LogP contribution in [0, 0.1) is 0 Å². The Morgan fingerprint density at radius 2 is 1.76 bits per heavy atom. The molecule has 1 atom stereocenters. The number of carboxylic acids is 1. The van der Waals surface area contributed by atoms with Gasteiger partial charge in [-0.25, -0.2) is 9.78 Å². The SMILES string of the molecule is O=C(Cc1ccccc1Nc1c(Cl)cccc1Cl)NCCC(=O)N[C@@H](Cc1cnc[nH]1)C(=O)O. The summed E-state index contributed by atoms with van der Waals surface area (Å²) in [5, 5.41) is 18.5. The van der Waals surface area contributed by atoms with E-state index < -0.39 is 17.9 Å². The highest BCUT2D eigenvalue weighted by atomic mass is 35.5. The number of halogens is 2. The number of para-hydroxylation sites is 2. The van der Waals surface area contributed by atoms with Crippen LogP contribution in [0.4, 0.5) is 11.4 Å². The molecular formula is C23H23Cl2N5O4. The molecule has 11 heteroatoms. The molecule has 5 N–H and O–H groups in total. The van der Waals surface area contributed by atoms with E-state index in [4.69, 9.17) is 23.2 Å². The second-order valence-electron chi connectivity index (χ2n) is 7.39. The lowest BCUT2D eigenvalue weighted by molar-refractivity contribution is -0.141. The number of rotatable bonds is 11. The average Bonchev–Trinajstić information content (AvgIpc) is 3.30. The number of amides is 2. The minimum Gasteiger partial charge on any atom is -0.480 e. The maximum absolute atomic E-state index is 12.4. The molecule has 0 spiro atoms. The summed E-state index contributed by atoms with van der Waals surface area (Å²) < 4.78 is 0. The van der Waals surface area contributed by atoms with Crippen molar-refractivity contribution in [3.63, 3.8) is 0 Å². The summed E-state index contributed by atoms with van der Waals surface area (Å²) in [5.41, 5.74) is 2.52. The van der Waals surface area contributed by atoms with Crippen molar-refractivity contribution in [1.82, 2.24) is 20.6 Å². The van der Waals surface area contributed by atoms with Crippen molar-refractivity contribution in [3.05, 3.63) is 76.3 Å². The lowest BCUT2D eigenvalue weighted by Crippen LogP contribution is -2.43. The monoisotopic (exact) mass is 503 g/mol. The summed E-state index contributed by atoms with van der Waals surface area (Å²) in [6, 6.07) is 11.3. The first-order valence-electron chi connectivity index (χ1n) is 10.4. The molecule has 0 unspecified atom stereocenters. The van der Waals surface area contributed by atoms with Crippen molar-refractivity contribution < 1.29 is 19.5 Å². The molecule has 9 nitrogen and oxygen atoms in total. The van der Waals surface area contributed by atoms with Crippen molar-refractivity contribution in [1.29, 1.82) is 0 Å². The molecule has 2 aromatic carbocycles.